The van der Waals surface area contributed by atoms with Crippen molar-refractivity contribution in [3.05, 3.63) is 103 Å². The Labute approximate surface area is 193 Å². The lowest BCUT2D eigenvalue weighted by atomic mass is 10.0. The Morgan fingerprint density at radius 3 is 2.55 bits per heavy atom. The highest BCUT2D eigenvalue weighted by atomic mass is 19.1. The number of H-pyrrole nitrogens is 1. The van der Waals surface area contributed by atoms with E-state index in [4.69, 9.17) is 0 Å². The Morgan fingerprint density at radius 2 is 1.76 bits per heavy atom. The quantitative estimate of drug-likeness (QED) is 0.420. The van der Waals surface area contributed by atoms with Crippen LogP contribution in [0.2, 0.25) is 0 Å². The number of benzene rings is 3. The molecule has 1 fully saturated rings. The number of nitrogens with zero attached hydrogens (tertiary/aromatic N) is 1. The van der Waals surface area contributed by atoms with Gasteiger partial charge in [-0.25, -0.2) is 4.39 Å². The fourth-order valence-corrected chi connectivity index (χ4v) is 4.84. The van der Waals surface area contributed by atoms with Crippen LogP contribution in [0.15, 0.2) is 78.9 Å². The monoisotopic (exact) mass is 440 g/mol. The molecule has 3 aromatic carbocycles. The number of carbonyl (C=O) groups excluding carboxylic acids is 1. The molecule has 5 heteroatoms. The van der Waals surface area contributed by atoms with Crippen molar-refractivity contribution >= 4 is 16.8 Å². The smallest absolute Gasteiger partial charge is 0.268 e. The van der Waals surface area contributed by atoms with Crippen molar-refractivity contribution in [1.82, 2.24) is 15.2 Å². The van der Waals surface area contributed by atoms with Crippen LogP contribution >= 0.6 is 0 Å². The van der Waals surface area contributed by atoms with Crippen molar-refractivity contribution in [2.45, 2.75) is 19.0 Å². The number of hydrogen-bond donors (Lipinski definition) is 2. The maximum atomic E-state index is 13.5. The molecule has 1 aliphatic rings. The first-order valence-electron chi connectivity index (χ1n) is 11.3. The van der Waals surface area contributed by atoms with Gasteiger partial charge in [-0.3, -0.25) is 9.69 Å². The molecule has 1 amide bonds. The van der Waals surface area contributed by atoms with E-state index in [-0.39, 0.29) is 17.8 Å². The first-order chi connectivity index (χ1) is 16.1. The number of likely N-dealkylation sites (tertiary alicyclic amines) is 1. The summed E-state index contributed by atoms with van der Waals surface area (Å²) in [4.78, 5) is 19.0. The second-order valence-corrected chi connectivity index (χ2v) is 8.81. The lowest BCUT2D eigenvalue weighted by molar-refractivity contribution is 0.0936. The highest BCUT2D eigenvalue weighted by Crippen LogP contribution is 2.33. The van der Waals surface area contributed by atoms with Gasteiger partial charge in [0.05, 0.1) is 0 Å². The number of amides is 1. The molecule has 4 nitrogen and oxygen atoms in total. The largest absolute Gasteiger partial charge is 0.350 e. The lowest BCUT2D eigenvalue weighted by Gasteiger charge is -2.24. The number of halogens is 1. The van der Waals surface area contributed by atoms with Crippen LogP contribution in [-0.2, 0) is 6.54 Å². The third-order valence-corrected chi connectivity index (χ3v) is 6.41. The third kappa shape index (κ3) is 4.55. The maximum Gasteiger partial charge on any atom is 0.268 e. The molecule has 0 bridgehead atoms. The summed E-state index contributed by atoms with van der Waals surface area (Å²) in [6.45, 7) is 6.58. The number of rotatable bonds is 6. The zero-order valence-electron chi connectivity index (χ0n) is 18.4. The predicted molar refractivity (Wildman–Crippen MR) is 130 cm³/mol. The molecule has 2 N–H and O–H groups in total. The van der Waals surface area contributed by atoms with Gasteiger partial charge in [0.1, 0.15) is 11.5 Å². The summed E-state index contributed by atoms with van der Waals surface area (Å²) in [6, 6.07) is 24.7. The third-order valence-electron chi connectivity index (χ3n) is 6.41. The molecule has 33 heavy (non-hydrogen) atoms. The van der Waals surface area contributed by atoms with Crippen LogP contribution in [0.25, 0.3) is 22.0 Å². The summed E-state index contributed by atoms with van der Waals surface area (Å²) < 4.78 is 13.5. The normalized spacial score (nSPS) is 18.6. The van der Waals surface area contributed by atoms with Gasteiger partial charge >= 0.3 is 0 Å². The molecule has 0 spiro atoms. The molecule has 1 aromatic heterocycles. The fourth-order valence-electron chi connectivity index (χ4n) is 4.84. The molecular formula is C28H27FN3O. The minimum absolute atomic E-state index is 0.155. The first kappa shape index (κ1) is 21.4. The number of hydrogen-bond acceptors (Lipinski definition) is 2. The van der Waals surface area contributed by atoms with Gasteiger partial charge in [0.15, 0.2) is 0 Å². The molecule has 4 aromatic rings. The van der Waals surface area contributed by atoms with Crippen molar-refractivity contribution in [3.63, 3.8) is 0 Å². The summed E-state index contributed by atoms with van der Waals surface area (Å²) in [5.41, 5.74) is 4.25. The van der Waals surface area contributed by atoms with E-state index in [1.54, 1.807) is 12.1 Å². The van der Waals surface area contributed by atoms with Gasteiger partial charge in [-0.1, -0.05) is 60.7 Å². The van der Waals surface area contributed by atoms with E-state index in [9.17, 15) is 9.18 Å². The average Bonchev–Trinajstić information content (AvgIpc) is 3.39. The highest BCUT2D eigenvalue weighted by Gasteiger charge is 2.30. The van der Waals surface area contributed by atoms with E-state index < -0.39 is 0 Å². The van der Waals surface area contributed by atoms with Crippen LogP contribution in [0.1, 0.15) is 22.5 Å². The molecule has 1 saturated heterocycles. The predicted octanol–water partition coefficient (Wildman–Crippen LogP) is 5.43. The maximum absolute atomic E-state index is 13.5. The van der Waals surface area contributed by atoms with Gasteiger partial charge in [0, 0.05) is 42.1 Å². The number of aromatic amines is 1. The molecule has 1 aliphatic heterocycles. The van der Waals surface area contributed by atoms with E-state index in [0.29, 0.717) is 18.2 Å². The van der Waals surface area contributed by atoms with E-state index in [1.165, 1.54) is 17.7 Å². The summed E-state index contributed by atoms with van der Waals surface area (Å²) in [6.07, 6.45) is 0.949. The number of carbonyl (C=O) groups is 1. The van der Waals surface area contributed by atoms with Crippen LogP contribution in [0.4, 0.5) is 4.39 Å². The summed E-state index contributed by atoms with van der Waals surface area (Å²) >= 11 is 0. The van der Waals surface area contributed by atoms with E-state index >= 15 is 0 Å². The van der Waals surface area contributed by atoms with Gasteiger partial charge in [0.2, 0.25) is 0 Å². The Bertz CT molecular complexity index is 1250. The van der Waals surface area contributed by atoms with Gasteiger partial charge in [-0.15, -0.1) is 0 Å². The first-order valence-corrected chi connectivity index (χ1v) is 11.3. The topological polar surface area (TPSA) is 48.1 Å². The summed E-state index contributed by atoms with van der Waals surface area (Å²) in [7, 11) is 0. The fraction of sp³-hybridized carbons (Fsp3) is 0.214. The second-order valence-electron chi connectivity index (χ2n) is 8.81. The zero-order valence-corrected chi connectivity index (χ0v) is 18.4. The Morgan fingerprint density at radius 1 is 1.03 bits per heavy atom. The van der Waals surface area contributed by atoms with Crippen molar-refractivity contribution in [3.8, 4) is 11.1 Å². The minimum atomic E-state index is -0.299. The van der Waals surface area contributed by atoms with Crippen molar-refractivity contribution < 1.29 is 9.18 Å². The lowest BCUT2D eigenvalue weighted by Crippen LogP contribution is -2.40. The average molecular weight is 441 g/mol. The zero-order chi connectivity index (χ0) is 22.8. The van der Waals surface area contributed by atoms with Crippen molar-refractivity contribution in [1.29, 1.82) is 0 Å². The number of nitrogens with one attached hydrogen (secondary N) is 2. The van der Waals surface area contributed by atoms with E-state index in [0.717, 1.165) is 41.5 Å². The van der Waals surface area contributed by atoms with Crippen LogP contribution < -0.4 is 5.32 Å². The molecule has 0 unspecified atom stereocenters. The number of fused-ring (bicyclic) bond motifs is 1. The number of para-hydroxylation sites is 1. The molecule has 5 rings (SSSR count). The molecule has 0 aliphatic carbocycles. The second kappa shape index (κ2) is 9.20. The van der Waals surface area contributed by atoms with Crippen LogP contribution in [-0.4, -0.2) is 34.9 Å². The molecule has 2 heterocycles. The molecule has 1 radical (unpaired) electrons. The summed E-state index contributed by atoms with van der Waals surface area (Å²) in [5, 5.41) is 4.09. The molecule has 2 atom stereocenters. The van der Waals surface area contributed by atoms with E-state index in [1.807, 2.05) is 30.3 Å². The molecule has 167 valence electrons. The van der Waals surface area contributed by atoms with Crippen molar-refractivity contribution in [2.75, 3.05) is 13.1 Å². The Kier molecular flexibility index (Phi) is 5.97. The van der Waals surface area contributed by atoms with Crippen LogP contribution in [0.5, 0.6) is 0 Å². The summed E-state index contributed by atoms with van der Waals surface area (Å²) in [5.74, 6) is -0.108. The molecule has 0 saturated carbocycles. The molecular weight excluding hydrogens is 413 g/mol. The Hall–Kier alpha value is -3.44. The highest BCUT2D eigenvalue weighted by molar-refractivity contribution is 6.09. The van der Waals surface area contributed by atoms with Crippen LogP contribution in [0, 0.1) is 18.7 Å². The van der Waals surface area contributed by atoms with E-state index in [2.05, 4.69) is 46.4 Å². The van der Waals surface area contributed by atoms with Crippen molar-refractivity contribution in [2.24, 2.45) is 5.92 Å². The minimum Gasteiger partial charge on any atom is -0.350 e. The SMILES string of the molecule is [CH2][C@H]1C[C@@H](CNC(=O)c2[nH]c3ccccc3c2-c2ccc(F)cc2)N(Cc2ccccc2)C1. The van der Waals surface area contributed by atoms with Gasteiger partial charge < -0.3 is 10.3 Å². The van der Waals surface area contributed by atoms with Gasteiger partial charge in [0.25, 0.3) is 5.91 Å². The van der Waals surface area contributed by atoms with Gasteiger partial charge in [-0.05, 0) is 48.6 Å². The van der Waals surface area contributed by atoms with Crippen LogP contribution in [0.3, 0.4) is 0 Å². The van der Waals surface area contributed by atoms with Gasteiger partial charge in [-0.2, -0.15) is 0 Å². The Balaban J connectivity index is 1.37. The standard InChI is InChI=1S/C28H27FN3O/c1-19-15-23(32(17-19)18-20-7-3-2-4-8-20)16-30-28(33)27-26(21-11-13-22(29)14-12-21)24-9-5-6-10-25(24)31-27/h2-14,19,23,31H,1,15-18H2,(H,30,33)/t19-,23-/m0/s1. The number of aromatic nitrogens is 1.